The third-order valence-electron chi connectivity index (χ3n) is 3.96. The van der Waals surface area contributed by atoms with Gasteiger partial charge in [-0.1, -0.05) is 19.8 Å². The first-order valence-electron chi connectivity index (χ1n) is 6.86. The van der Waals surface area contributed by atoms with Crippen LogP contribution in [0.5, 0.6) is 0 Å². The standard InChI is InChI=1S/C14H25NO/c1-12-5-7-13(8-6-12)10-15-11-14-4-2-3-9-16-14/h3,9,12-15H,2,4-8,10-11H2,1H3. The van der Waals surface area contributed by atoms with E-state index in [4.69, 9.17) is 4.74 Å². The van der Waals surface area contributed by atoms with Gasteiger partial charge in [0.1, 0.15) is 6.10 Å². The molecule has 0 saturated heterocycles. The zero-order chi connectivity index (χ0) is 11.2. The zero-order valence-corrected chi connectivity index (χ0v) is 10.5. The molecule has 16 heavy (non-hydrogen) atoms. The van der Waals surface area contributed by atoms with Gasteiger partial charge in [-0.25, -0.2) is 0 Å². The number of hydrogen-bond acceptors (Lipinski definition) is 2. The van der Waals surface area contributed by atoms with Crippen molar-refractivity contribution >= 4 is 0 Å². The number of nitrogens with one attached hydrogen (secondary N) is 1. The SMILES string of the molecule is CC1CCC(CNCC2CCC=CO2)CC1. The Bertz CT molecular complexity index is 219. The number of rotatable bonds is 4. The van der Waals surface area contributed by atoms with Crippen molar-refractivity contribution in [2.45, 2.75) is 51.6 Å². The summed E-state index contributed by atoms with van der Waals surface area (Å²) in [5.41, 5.74) is 0. The Balaban J connectivity index is 1.55. The maximum Gasteiger partial charge on any atom is 0.110 e. The molecule has 0 aromatic heterocycles. The normalized spacial score (nSPS) is 34.7. The van der Waals surface area contributed by atoms with E-state index in [2.05, 4.69) is 18.3 Å². The van der Waals surface area contributed by atoms with Crippen LogP contribution < -0.4 is 5.32 Å². The Morgan fingerprint density at radius 3 is 2.62 bits per heavy atom. The minimum atomic E-state index is 0.410. The van der Waals surface area contributed by atoms with Gasteiger partial charge in [0.05, 0.1) is 6.26 Å². The van der Waals surface area contributed by atoms with E-state index in [-0.39, 0.29) is 0 Å². The molecule has 1 unspecified atom stereocenters. The summed E-state index contributed by atoms with van der Waals surface area (Å²) in [5, 5.41) is 3.58. The van der Waals surface area contributed by atoms with Crippen LogP contribution in [-0.2, 0) is 4.74 Å². The molecule has 92 valence electrons. The summed E-state index contributed by atoms with van der Waals surface area (Å²) in [6, 6.07) is 0. The first kappa shape index (κ1) is 12.0. The van der Waals surface area contributed by atoms with E-state index in [0.717, 1.165) is 18.4 Å². The Morgan fingerprint density at radius 2 is 1.94 bits per heavy atom. The van der Waals surface area contributed by atoms with Gasteiger partial charge >= 0.3 is 0 Å². The van der Waals surface area contributed by atoms with Crippen molar-refractivity contribution in [3.8, 4) is 0 Å². The molecule has 0 radical (unpaired) electrons. The Morgan fingerprint density at radius 1 is 1.12 bits per heavy atom. The van der Waals surface area contributed by atoms with Gasteiger partial charge in [-0.05, 0) is 50.1 Å². The van der Waals surface area contributed by atoms with Gasteiger partial charge in [0.25, 0.3) is 0 Å². The summed E-state index contributed by atoms with van der Waals surface area (Å²) in [6.45, 7) is 4.60. The molecule has 1 saturated carbocycles. The molecule has 0 amide bonds. The molecule has 1 heterocycles. The maximum absolute atomic E-state index is 5.54. The predicted molar refractivity (Wildman–Crippen MR) is 67.2 cm³/mol. The quantitative estimate of drug-likeness (QED) is 0.790. The second-order valence-electron chi connectivity index (χ2n) is 5.49. The van der Waals surface area contributed by atoms with Gasteiger partial charge in [0.2, 0.25) is 0 Å². The van der Waals surface area contributed by atoms with Crippen LogP contribution in [0.4, 0.5) is 0 Å². The van der Waals surface area contributed by atoms with Gasteiger partial charge in [-0.3, -0.25) is 0 Å². The summed E-state index contributed by atoms with van der Waals surface area (Å²) in [4.78, 5) is 0. The Kier molecular flexibility index (Phi) is 4.70. The lowest BCUT2D eigenvalue weighted by Gasteiger charge is -2.27. The lowest BCUT2D eigenvalue weighted by atomic mass is 9.83. The number of allylic oxidation sites excluding steroid dienone is 1. The molecule has 1 aliphatic carbocycles. The van der Waals surface area contributed by atoms with Crippen LogP contribution in [0.25, 0.3) is 0 Å². The molecule has 0 aromatic carbocycles. The van der Waals surface area contributed by atoms with Crippen LogP contribution in [0.3, 0.4) is 0 Å². The van der Waals surface area contributed by atoms with Crippen molar-refractivity contribution in [2.75, 3.05) is 13.1 Å². The second kappa shape index (κ2) is 6.29. The topological polar surface area (TPSA) is 21.3 Å². The summed E-state index contributed by atoms with van der Waals surface area (Å²) < 4.78 is 5.54. The van der Waals surface area contributed by atoms with E-state index in [1.807, 2.05) is 6.26 Å². The Labute approximate surface area is 99.4 Å². The fraction of sp³-hybridized carbons (Fsp3) is 0.857. The van der Waals surface area contributed by atoms with Gasteiger partial charge in [0.15, 0.2) is 0 Å². The second-order valence-corrected chi connectivity index (χ2v) is 5.49. The zero-order valence-electron chi connectivity index (χ0n) is 10.5. The van der Waals surface area contributed by atoms with E-state index < -0.39 is 0 Å². The fourth-order valence-electron chi connectivity index (χ4n) is 2.72. The van der Waals surface area contributed by atoms with Crippen molar-refractivity contribution in [2.24, 2.45) is 11.8 Å². The van der Waals surface area contributed by atoms with Crippen molar-refractivity contribution in [1.82, 2.24) is 5.32 Å². The molecule has 1 atom stereocenters. The van der Waals surface area contributed by atoms with Crippen LogP contribution in [0.1, 0.15) is 45.4 Å². The molecule has 1 aliphatic heterocycles. The highest BCUT2D eigenvalue weighted by Gasteiger charge is 2.18. The van der Waals surface area contributed by atoms with E-state index >= 15 is 0 Å². The minimum Gasteiger partial charge on any atom is -0.497 e. The highest BCUT2D eigenvalue weighted by Crippen LogP contribution is 2.27. The first-order valence-corrected chi connectivity index (χ1v) is 6.86. The van der Waals surface area contributed by atoms with E-state index in [0.29, 0.717) is 6.10 Å². The molecule has 0 spiro atoms. The van der Waals surface area contributed by atoms with Gasteiger partial charge in [-0.15, -0.1) is 0 Å². The summed E-state index contributed by atoms with van der Waals surface area (Å²) in [7, 11) is 0. The lowest BCUT2D eigenvalue weighted by Crippen LogP contribution is -2.33. The van der Waals surface area contributed by atoms with Crippen LogP contribution in [0.2, 0.25) is 0 Å². The maximum atomic E-state index is 5.54. The molecule has 2 aliphatic rings. The third kappa shape index (κ3) is 3.82. The van der Waals surface area contributed by atoms with E-state index in [9.17, 15) is 0 Å². The fourth-order valence-corrected chi connectivity index (χ4v) is 2.72. The van der Waals surface area contributed by atoms with Crippen molar-refractivity contribution in [3.63, 3.8) is 0 Å². The van der Waals surface area contributed by atoms with E-state index in [1.54, 1.807) is 0 Å². The van der Waals surface area contributed by atoms with Gasteiger partial charge in [0, 0.05) is 6.54 Å². The summed E-state index contributed by atoms with van der Waals surface area (Å²) in [5.74, 6) is 1.87. The summed E-state index contributed by atoms with van der Waals surface area (Å²) in [6.07, 6.45) is 12.4. The lowest BCUT2D eigenvalue weighted by molar-refractivity contribution is 0.120. The van der Waals surface area contributed by atoms with Crippen LogP contribution in [0.15, 0.2) is 12.3 Å². The van der Waals surface area contributed by atoms with Crippen LogP contribution >= 0.6 is 0 Å². The molecule has 1 N–H and O–H groups in total. The van der Waals surface area contributed by atoms with Crippen molar-refractivity contribution in [3.05, 3.63) is 12.3 Å². The molecular formula is C14H25NO. The monoisotopic (exact) mass is 223 g/mol. The molecule has 1 fully saturated rings. The highest BCUT2D eigenvalue weighted by molar-refractivity contribution is 4.83. The van der Waals surface area contributed by atoms with E-state index in [1.165, 1.54) is 45.1 Å². The third-order valence-corrected chi connectivity index (χ3v) is 3.96. The molecule has 0 bridgehead atoms. The molecular weight excluding hydrogens is 198 g/mol. The van der Waals surface area contributed by atoms with Crippen LogP contribution in [0, 0.1) is 11.8 Å². The first-order chi connectivity index (χ1) is 7.84. The Hall–Kier alpha value is -0.500. The smallest absolute Gasteiger partial charge is 0.110 e. The molecule has 2 heteroatoms. The van der Waals surface area contributed by atoms with Gasteiger partial charge in [-0.2, -0.15) is 0 Å². The minimum absolute atomic E-state index is 0.410. The predicted octanol–water partition coefficient (Wildman–Crippen LogP) is 3.10. The molecule has 0 aromatic rings. The molecule has 2 nitrogen and oxygen atoms in total. The number of ether oxygens (including phenoxy) is 1. The molecule has 2 rings (SSSR count). The van der Waals surface area contributed by atoms with Gasteiger partial charge < -0.3 is 10.1 Å². The highest BCUT2D eigenvalue weighted by atomic mass is 16.5. The average Bonchev–Trinajstić information content (AvgIpc) is 2.33. The van der Waals surface area contributed by atoms with Crippen molar-refractivity contribution < 1.29 is 4.74 Å². The average molecular weight is 223 g/mol. The number of hydrogen-bond donors (Lipinski definition) is 1. The van der Waals surface area contributed by atoms with Crippen molar-refractivity contribution in [1.29, 1.82) is 0 Å². The largest absolute Gasteiger partial charge is 0.497 e. The van der Waals surface area contributed by atoms with Crippen LogP contribution in [-0.4, -0.2) is 19.2 Å². The summed E-state index contributed by atoms with van der Waals surface area (Å²) >= 11 is 0.